The maximum absolute atomic E-state index is 12.3. The van der Waals surface area contributed by atoms with Gasteiger partial charge in [-0.25, -0.2) is 0 Å². The number of benzene rings is 2. The van der Waals surface area contributed by atoms with E-state index in [1.807, 2.05) is 49.4 Å². The Labute approximate surface area is 149 Å². The first-order chi connectivity index (χ1) is 12.0. The number of aryl methyl sites for hydroxylation is 1. The van der Waals surface area contributed by atoms with Crippen molar-refractivity contribution in [1.82, 2.24) is 0 Å². The summed E-state index contributed by atoms with van der Waals surface area (Å²) >= 11 is 0. The van der Waals surface area contributed by atoms with Gasteiger partial charge in [0.2, 0.25) is 0 Å². The standard InChI is InChI=1S/C21H23N3O/c1-4-16(3)19-10-5-6-11-20(19)23-14-17(13-22)21(25)24-18-9-7-8-15(2)12-18/h5-12,14,16,23H,4H2,1-3H3,(H,24,25)/b17-14-. The number of rotatable bonds is 6. The Bertz CT molecular complexity index is 818. The van der Waals surface area contributed by atoms with E-state index in [1.165, 1.54) is 6.20 Å². The summed E-state index contributed by atoms with van der Waals surface area (Å²) in [7, 11) is 0. The second-order valence-corrected chi connectivity index (χ2v) is 6.03. The van der Waals surface area contributed by atoms with E-state index in [0.29, 0.717) is 11.6 Å². The van der Waals surface area contributed by atoms with Gasteiger partial charge in [-0.2, -0.15) is 5.26 Å². The Morgan fingerprint density at radius 1 is 1.24 bits per heavy atom. The number of amides is 1. The molecule has 0 radical (unpaired) electrons. The van der Waals surface area contributed by atoms with Crippen molar-refractivity contribution in [2.75, 3.05) is 10.6 Å². The average molecular weight is 333 g/mol. The van der Waals surface area contributed by atoms with Crippen LogP contribution in [-0.4, -0.2) is 5.91 Å². The van der Waals surface area contributed by atoms with Crippen LogP contribution in [0.1, 0.15) is 37.3 Å². The molecule has 0 aromatic heterocycles. The van der Waals surface area contributed by atoms with Crippen LogP contribution in [0.4, 0.5) is 11.4 Å². The van der Waals surface area contributed by atoms with Gasteiger partial charge in [-0.1, -0.05) is 44.2 Å². The fourth-order valence-corrected chi connectivity index (χ4v) is 2.50. The highest BCUT2D eigenvalue weighted by molar-refractivity contribution is 6.06. The maximum Gasteiger partial charge on any atom is 0.267 e. The van der Waals surface area contributed by atoms with Crippen LogP contribution >= 0.6 is 0 Å². The Kier molecular flexibility index (Phi) is 6.36. The molecule has 2 rings (SSSR count). The molecule has 25 heavy (non-hydrogen) atoms. The lowest BCUT2D eigenvalue weighted by molar-refractivity contribution is -0.112. The molecule has 2 aromatic rings. The minimum atomic E-state index is -0.429. The summed E-state index contributed by atoms with van der Waals surface area (Å²) in [6, 6.07) is 17.4. The lowest BCUT2D eigenvalue weighted by Crippen LogP contribution is -2.14. The van der Waals surface area contributed by atoms with Crippen molar-refractivity contribution in [1.29, 1.82) is 5.26 Å². The Morgan fingerprint density at radius 2 is 2.00 bits per heavy atom. The smallest absolute Gasteiger partial charge is 0.267 e. The second kappa shape index (κ2) is 8.70. The molecule has 1 atom stereocenters. The van der Waals surface area contributed by atoms with Crippen molar-refractivity contribution < 1.29 is 4.79 Å². The molecule has 0 bridgehead atoms. The van der Waals surface area contributed by atoms with Gasteiger partial charge in [0.25, 0.3) is 5.91 Å². The molecule has 0 spiro atoms. The highest BCUT2D eigenvalue weighted by atomic mass is 16.1. The number of carbonyl (C=O) groups is 1. The minimum absolute atomic E-state index is 0.0282. The molecule has 0 saturated heterocycles. The average Bonchev–Trinajstić information content (AvgIpc) is 2.62. The maximum atomic E-state index is 12.3. The number of nitriles is 1. The SMILES string of the molecule is CCC(C)c1ccccc1N/C=C(/C#N)C(=O)Nc1cccc(C)c1. The fraction of sp³-hybridized carbons (Fsp3) is 0.238. The van der Waals surface area contributed by atoms with Crippen LogP contribution in [0.3, 0.4) is 0 Å². The molecular weight excluding hydrogens is 310 g/mol. The topological polar surface area (TPSA) is 64.9 Å². The van der Waals surface area contributed by atoms with Crippen LogP contribution in [0.2, 0.25) is 0 Å². The van der Waals surface area contributed by atoms with Crippen LogP contribution in [0, 0.1) is 18.3 Å². The molecule has 2 aromatic carbocycles. The Hall–Kier alpha value is -3.06. The molecule has 0 aliphatic rings. The molecule has 0 aliphatic carbocycles. The first kappa shape index (κ1) is 18.3. The zero-order chi connectivity index (χ0) is 18.2. The Morgan fingerprint density at radius 3 is 2.68 bits per heavy atom. The van der Waals surface area contributed by atoms with Gasteiger partial charge in [-0.15, -0.1) is 0 Å². The zero-order valence-electron chi connectivity index (χ0n) is 14.8. The van der Waals surface area contributed by atoms with E-state index in [2.05, 4.69) is 30.5 Å². The number of nitrogens with zero attached hydrogens (tertiary/aromatic N) is 1. The van der Waals surface area contributed by atoms with E-state index in [-0.39, 0.29) is 5.57 Å². The number of anilines is 2. The zero-order valence-corrected chi connectivity index (χ0v) is 14.8. The van der Waals surface area contributed by atoms with E-state index < -0.39 is 5.91 Å². The molecule has 128 valence electrons. The van der Waals surface area contributed by atoms with Crippen molar-refractivity contribution in [3.8, 4) is 6.07 Å². The van der Waals surface area contributed by atoms with Gasteiger partial charge >= 0.3 is 0 Å². The minimum Gasteiger partial charge on any atom is -0.360 e. The lowest BCUT2D eigenvalue weighted by atomic mass is 9.97. The fourth-order valence-electron chi connectivity index (χ4n) is 2.50. The molecule has 0 aliphatic heterocycles. The van der Waals surface area contributed by atoms with E-state index in [4.69, 9.17) is 0 Å². The molecule has 0 fully saturated rings. The number of hydrogen-bond donors (Lipinski definition) is 2. The van der Waals surface area contributed by atoms with Gasteiger partial charge in [0.05, 0.1) is 0 Å². The van der Waals surface area contributed by atoms with Gasteiger partial charge in [0.15, 0.2) is 0 Å². The van der Waals surface area contributed by atoms with Crippen LogP contribution in [0.15, 0.2) is 60.3 Å². The van der Waals surface area contributed by atoms with Gasteiger partial charge < -0.3 is 10.6 Å². The highest BCUT2D eigenvalue weighted by Gasteiger charge is 2.11. The van der Waals surface area contributed by atoms with Crippen molar-refractivity contribution in [3.63, 3.8) is 0 Å². The van der Waals surface area contributed by atoms with E-state index >= 15 is 0 Å². The summed E-state index contributed by atoms with van der Waals surface area (Å²) < 4.78 is 0. The summed E-state index contributed by atoms with van der Waals surface area (Å²) in [4.78, 5) is 12.3. The van der Waals surface area contributed by atoms with Crippen LogP contribution in [-0.2, 0) is 4.79 Å². The third kappa shape index (κ3) is 4.95. The second-order valence-electron chi connectivity index (χ2n) is 6.03. The predicted octanol–water partition coefficient (Wildman–Crippen LogP) is 4.97. The summed E-state index contributed by atoms with van der Waals surface area (Å²) in [5, 5.41) is 15.2. The highest BCUT2D eigenvalue weighted by Crippen LogP contribution is 2.26. The summed E-state index contributed by atoms with van der Waals surface area (Å²) in [6.07, 6.45) is 2.48. The number of hydrogen-bond acceptors (Lipinski definition) is 3. The molecule has 0 saturated carbocycles. The molecule has 1 amide bonds. The first-order valence-corrected chi connectivity index (χ1v) is 8.39. The number of para-hydroxylation sites is 1. The molecular formula is C21H23N3O. The van der Waals surface area contributed by atoms with Crippen molar-refractivity contribution in [2.24, 2.45) is 0 Å². The number of carbonyl (C=O) groups excluding carboxylic acids is 1. The molecule has 4 nitrogen and oxygen atoms in total. The molecule has 2 N–H and O–H groups in total. The first-order valence-electron chi connectivity index (χ1n) is 8.39. The van der Waals surface area contributed by atoms with Crippen molar-refractivity contribution in [3.05, 3.63) is 71.4 Å². The van der Waals surface area contributed by atoms with E-state index in [0.717, 1.165) is 23.2 Å². The molecule has 1 unspecified atom stereocenters. The van der Waals surface area contributed by atoms with Gasteiger partial charge in [0, 0.05) is 17.6 Å². The number of nitrogens with one attached hydrogen (secondary N) is 2. The van der Waals surface area contributed by atoms with Gasteiger partial charge in [-0.3, -0.25) is 4.79 Å². The molecule has 4 heteroatoms. The Balaban J connectivity index is 2.16. The lowest BCUT2D eigenvalue weighted by Gasteiger charge is -2.14. The largest absolute Gasteiger partial charge is 0.360 e. The summed E-state index contributed by atoms with van der Waals surface area (Å²) in [5.74, 6) is -0.0367. The van der Waals surface area contributed by atoms with Crippen LogP contribution in [0.25, 0.3) is 0 Å². The third-order valence-corrected chi connectivity index (χ3v) is 4.12. The summed E-state index contributed by atoms with van der Waals surface area (Å²) in [5.41, 5.74) is 3.82. The predicted molar refractivity (Wildman–Crippen MR) is 102 cm³/mol. The monoisotopic (exact) mass is 333 g/mol. The van der Waals surface area contributed by atoms with E-state index in [1.54, 1.807) is 6.07 Å². The van der Waals surface area contributed by atoms with Crippen molar-refractivity contribution >= 4 is 17.3 Å². The molecule has 0 heterocycles. The van der Waals surface area contributed by atoms with Crippen molar-refractivity contribution in [2.45, 2.75) is 33.1 Å². The van der Waals surface area contributed by atoms with E-state index in [9.17, 15) is 10.1 Å². The van der Waals surface area contributed by atoms with Crippen LogP contribution < -0.4 is 10.6 Å². The quantitative estimate of drug-likeness (QED) is 0.579. The van der Waals surface area contributed by atoms with Gasteiger partial charge in [0.1, 0.15) is 11.6 Å². The third-order valence-electron chi connectivity index (χ3n) is 4.12. The normalized spacial score (nSPS) is 12.2. The summed E-state index contributed by atoms with van der Waals surface area (Å²) in [6.45, 7) is 6.23. The van der Waals surface area contributed by atoms with Crippen LogP contribution in [0.5, 0.6) is 0 Å². The van der Waals surface area contributed by atoms with Gasteiger partial charge in [-0.05, 0) is 48.6 Å².